The van der Waals surface area contributed by atoms with Gasteiger partial charge in [0.2, 0.25) is 5.91 Å². The average molecular weight is 600 g/mol. The first-order valence-corrected chi connectivity index (χ1v) is 14.0. The van der Waals surface area contributed by atoms with Gasteiger partial charge in [-0.2, -0.15) is 0 Å². The number of carbonyl (C=O) groups is 2. The Labute approximate surface area is 255 Å². The maximum Gasteiger partial charge on any atom is 0.337 e. The smallest absolute Gasteiger partial charge is 0.337 e. The van der Waals surface area contributed by atoms with Crippen LogP contribution in [0.3, 0.4) is 0 Å². The number of thiocarbonyl (C=S) groups is 1. The standard InChI is InChI=1S/C32H33N5O5S/c1-19-15-24(20(2)36(19)22-10-8-9-21(16-22)31(39)42-5)30-29(25-11-6-7-14-33-25)35-32(43)37(30)23-12-13-27(41-4)26(17-23)34-28(38)18-40-3/h6-17,29-30H,18H2,1-5H3,(H,34,38)(H,35,43)/t29-,30+/m0/s1. The predicted octanol–water partition coefficient (Wildman–Crippen LogP) is 5.05. The van der Waals surface area contributed by atoms with E-state index in [0.29, 0.717) is 22.1 Å². The van der Waals surface area contributed by atoms with Gasteiger partial charge in [0.25, 0.3) is 0 Å². The fourth-order valence-corrected chi connectivity index (χ4v) is 5.93. The number of hydrogen-bond donors (Lipinski definition) is 2. The molecule has 2 N–H and O–H groups in total. The normalized spacial score (nSPS) is 16.1. The Hall–Kier alpha value is -4.74. The van der Waals surface area contributed by atoms with Gasteiger partial charge in [-0.25, -0.2) is 4.79 Å². The van der Waals surface area contributed by atoms with E-state index in [2.05, 4.69) is 26.3 Å². The summed E-state index contributed by atoms with van der Waals surface area (Å²) >= 11 is 5.94. The number of hydrogen-bond acceptors (Lipinski definition) is 7. The molecule has 0 spiro atoms. The zero-order valence-corrected chi connectivity index (χ0v) is 25.4. The van der Waals surface area contributed by atoms with E-state index in [-0.39, 0.29) is 24.6 Å². The van der Waals surface area contributed by atoms with Gasteiger partial charge in [0.1, 0.15) is 12.4 Å². The number of carbonyl (C=O) groups excluding carboxylic acids is 2. The molecule has 1 amide bonds. The molecule has 3 heterocycles. The van der Waals surface area contributed by atoms with E-state index in [0.717, 1.165) is 34.0 Å². The predicted molar refractivity (Wildman–Crippen MR) is 168 cm³/mol. The van der Waals surface area contributed by atoms with Crippen LogP contribution < -0.4 is 20.3 Å². The minimum atomic E-state index is -0.399. The highest BCUT2D eigenvalue weighted by molar-refractivity contribution is 7.80. The van der Waals surface area contributed by atoms with E-state index in [9.17, 15) is 9.59 Å². The molecule has 0 radical (unpaired) electrons. The van der Waals surface area contributed by atoms with Gasteiger partial charge in [0.05, 0.1) is 43.2 Å². The van der Waals surface area contributed by atoms with Gasteiger partial charge in [-0.3, -0.25) is 9.78 Å². The van der Waals surface area contributed by atoms with Crippen LogP contribution in [-0.2, 0) is 14.3 Å². The molecule has 5 rings (SSSR count). The first-order chi connectivity index (χ1) is 20.8. The van der Waals surface area contributed by atoms with Gasteiger partial charge in [-0.1, -0.05) is 12.1 Å². The molecule has 10 nitrogen and oxygen atoms in total. The first-order valence-electron chi connectivity index (χ1n) is 13.6. The van der Waals surface area contributed by atoms with Crippen LogP contribution in [0, 0.1) is 13.8 Å². The number of aryl methyl sites for hydroxylation is 1. The monoisotopic (exact) mass is 599 g/mol. The Morgan fingerprint density at radius 3 is 2.51 bits per heavy atom. The Morgan fingerprint density at radius 1 is 1.00 bits per heavy atom. The number of aromatic nitrogens is 2. The quantitative estimate of drug-likeness (QED) is 0.202. The van der Waals surface area contributed by atoms with Crippen LogP contribution in [0.15, 0.2) is 72.9 Å². The summed E-state index contributed by atoms with van der Waals surface area (Å²) in [6.45, 7) is 3.98. The Morgan fingerprint density at radius 2 is 1.81 bits per heavy atom. The molecule has 2 atom stereocenters. The third kappa shape index (κ3) is 5.81. The number of anilines is 2. The van der Waals surface area contributed by atoms with E-state index in [4.69, 9.17) is 26.4 Å². The summed E-state index contributed by atoms with van der Waals surface area (Å²) in [6, 6.07) is 20.2. The maximum absolute atomic E-state index is 12.4. The fraction of sp³-hybridized carbons (Fsp3) is 0.250. The van der Waals surface area contributed by atoms with Crippen molar-refractivity contribution in [3.63, 3.8) is 0 Å². The Kier molecular flexibility index (Phi) is 8.74. The molecule has 1 fully saturated rings. The number of benzene rings is 2. The molecule has 0 bridgehead atoms. The summed E-state index contributed by atoms with van der Waals surface area (Å²) in [7, 11) is 4.38. The molecule has 0 unspecified atom stereocenters. The van der Waals surface area contributed by atoms with Crippen molar-refractivity contribution in [2.45, 2.75) is 25.9 Å². The van der Waals surface area contributed by atoms with E-state index in [1.807, 2.05) is 67.3 Å². The van der Waals surface area contributed by atoms with Crippen molar-refractivity contribution in [1.29, 1.82) is 0 Å². The molecule has 2 aromatic heterocycles. The number of rotatable bonds is 9. The lowest BCUT2D eigenvalue weighted by Gasteiger charge is -2.29. The molecule has 11 heteroatoms. The van der Waals surface area contributed by atoms with Crippen molar-refractivity contribution in [2.24, 2.45) is 0 Å². The summed E-state index contributed by atoms with van der Waals surface area (Å²) < 4.78 is 17.6. The van der Waals surface area contributed by atoms with Gasteiger partial charge in [-0.15, -0.1) is 0 Å². The van der Waals surface area contributed by atoms with Crippen molar-refractivity contribution in [1.82, 2.24) is 14.9 Å². The van der Waals surface area contributed by atoms with Gasteiger partial charge >= 0.3 is 5.97 Å². The molecule has 4 aromatic rings. The second kappa shape index (κ2) is 12.6. The number of amides is 1. The minimum Gasteiger partial charge on any atom is -0.495 e. The van der Waals surface area contributed by atoms with Gasteiger partial charge in [0.15, 0.2) is 5.11 Å². The third-order valence-corrected chi connectivity index (χ3v) is 7.74. The van der Waals surface area contributed by atoms with Crippen LogP contribution in [0.5, 0.6) is 5.75 Å². The van der Waals surface area contributed by atoms with Crippen molar-refractivity contribution < 1.29 is 23.8 Å². The summed E-state index contributed by atoms with van der Waals surface area (Å²) in [5, 5.41) is 6.87. The lowest BCUT2D eigenvalue weighted by Crippen LogP contribution is -2.29. The van der Waals surface area contributed by atoms with Crippen LogP contribution in [0.1, 0.15) is 45.1 Å². The third-order valence-electron chi connectivity index (χ3n) is 7.42. The highest BCUT2D eigenvalue weighted by Crippen LogP contribution is 2.45. The molecule has 0 aliphatic carbocycles. The van der Waals surface area contributed by atoms with Crippen LogP contribution in [0.25, 0.3) is 5.69 Å². The van der Waals surface area contributed by atoms with Crippen LogP contribution in [0.2, 0.25) is 0 Å². The number of pyridine rings is 1. The Bertz CT molecular complexity index is 1670. The first kappa shape index (κ1) is 29.7. The molecular weight excluding hydrogens is 566 g/mol. The van der Waals surface area contributed by atoms with E-state index < -0.39 is 5.97 Å². The number of methoxy groups -OCH3 is 3. The van der Waals surface area contributed by atoms with E-state index in [1.165, 1.54) is 14.2 Å². The highest BCUT2D eigenvalue weighted by atomic mass is 32.1. The molecule has 1 aliphatic rings. The maximum atomic E-state index is 12.4. The molecule has 2 aromatic carbocycles. The highest BCUT2D eigenvalue weighted by Gasteiger charge is 2.42. The Balaban J connectivity index is 1.64. The van der Waals surface area contributed by atoms with Crippen LogP contribution in [-0.4, -0.2) is 54.5 Å². The molecular formula is C32H33N5O5S. The van der Waals surface area contributed by atoms with Crippen molar-refractivity contribution in [3.05, 3.63) is 101 Å². The fourth-order valence-electron chi connectivity index (χ4n) is 5.58. The number of nitrogens with one attached hydrogen (secondary N) is 2. The zero-order valence-electron chi connectivity index (χ0n) is 24.6. The van der Waals surface area contributed by atoms with Crippen molar-refractivity contribution >= 4 is 40.6 Å². The van der Waals surface area contributed by atoms with E-state index >= 15 is 0 Å². The minimum absolute atomic E-state index is 0.0927. The summed E-state index contributed by atoms with van der Waals surface area (Å²) in [6.07, 6.45) is 1.76. The van der Waals surface area contributed by atoms with Gasteiger partial charge < -0.3 is 34.3 Å². The summed E-state index contributed by atoms with van der Waals surface area (Å²) in [5.41, 5.74) is 6.36. The second-order valence-electron chi connectivity index (χ2n) is 10.1. The lowest BCUT2D eigenvalue weighted by atomic mass is 9.96. The van der Waals surface area contributed by atoms with Crippen LogP contribution >= 0.6 is 12.2 Å². The topological polar surface area (TPSA) is 107 Å². The van der Waals surface area contributed by atoms with Crippen LogP contribution in [0.4, 0.5) is 11.4 Å². The number of ether oxygens (including phenoxy) is 3. The molecule has 222 valence electrons. The molecule has 0 saturated carbocycles. The van der Waals surface area contributed by atoms with Gasteiger partial charge in [-0.05, 0) is 86.2 Å². The summed E-state index contributed by atoms with van der Waals surface area (Å²) in [5.74, 6) is -0.197. The molecule has 1 saturated heterocycles. The zero-order chi connectivity index (χ0) is 30.7. The van der Waals surface area contributed by atoms with Gasteiger partial charge in [0, 0.05) is 36.1 Å². The summed E-state index contributed by atoms with van der Waals surface area (Å²) in [4.78, 5) is 31.4. The van der Waals surface area contributed by atoms with Crippen molar-refractivity contribution in [2.75, 3.05) is 38.2 Å². The van der Waals surface area contributed by atoms with E-state index in [1.54, 1.807) is 25.4 Å². The number of nitrogens with zero attached hydrogens (tertiary/aromatic N) is 3. The SMILES string of the molecule is COCC(=O)Nc1cc(N2C(=S)N[C@@H](c3ccccn3)[C@H]2c2cc(C)n(-c3cccc(C(=O)OC)c3)c2C)ccc1OC. The average Bonchev–Trinajstić information content (AvgIpc) is 3.51. The molecule has 1 aliphatic heterocycles. The number of esters is 1. The second-order valence-corrected chi connectivity index (χ2v) is 10.5. The molecule has 43 heavy (non-hydrogen) atoms. The largest absolute Gasteiger partial charge is 0.495 e. The lowest BCUT2D eigenvalue weighted by molar-refractivity contribution is -0.119. The van der Waals surface area contributed by atoms with Crippen molar-refractivity contribution in [3.8, 4) is 11.4 Å².